The van der Waals surface area contributed by atoms with Gasteiger partial charge in [0.2, 0.25) is 5.91 Å². The number of carbonyl (C=O) groups excluding carboxylic acids is 1. The smallest absolute Gasteiger partial charge is 0.234 e. The van der Waals surface area contributed by atoms with Crippen LogP contribution in [0.5, 0.6) is 11.5 Å². The van der Waals surface area contributed by atoms with Crippen molar-refractivity contribution in [3.63, 3.8) is 0 Å². The largest absolute Gasteiger partial charge is 0.497 e. The predicted molar refractivity (Wildman–Crippen MR) is 117 cm³/mol. The topological polar surface area (TPSA) is 63.3 Å². The van der Waals surface area contributed by atoms with E-state index in [0.29, 0.717) is 12.6 Å². The van der Waals surface area contributed by atoms with Gasteiger partial charge in [-0.3, -0.25) is 14.6 Å². The fraction of sp³-hybridized carbons (Fsp3) is 0.696. The molecule has 0 bridgehead atoms. The fourth-order valence-electron chi connectivity index (χ4n) is 4.77. The summed E-state index contributed by atoms with van der Waals surface area (Å²) in [6.45, 7) is 10.6. The lowest BCUT2D eigenvalue weighted by Gasteiger charge is -2.38. The fourth-order valence-corrected chi connectivity index (χ4v) is 4.77. The Balaban J connectivity index is 1.56. The Morgan fingerprint density at radius 3 is 2.63 bits per heavy atom. The standard InChI is InChI=1S/C23H37N3O4/c1-16-12-25(13-17(2)30-16)14-19-7-6-10-26(19)15-23(27)24-18(3)21-11-20(28-4)8-9-22(21)29-5/h8-9,11,16-19H,6-7,10,12-15H2,1-5H3,(H,24,27)/t16-,17+,18-,19-/m0/s1. The lowest BCUT2D eigenvalue weighted by Crippen LogP contribution is -2.51. The van der Waals surface area contributed by atoms with Gasteiger partial charge in [0.15, 0.2) is 0 Å². The van der Waals surface area contributed by atoms with Gasteiger partial charge in [-0.15, -0.1) is 0 Å². The summed E-state index contributed by atoms with van der Waals surface area (Å²) in [4.78, 5) is 17.6. The molecule has 0 aliphatic carbocycles. The maximum Gasteiger partial charge on any atom is 0.234 e. The van der Waals surface area contributed by atoms with Crippen LogP contribution in [0.15, 0.2) is 18.2 Å². The highest BCUT2D eigenvalue weighted by Gasteiger charge is 2.31. The first-order chi connectivity index (χ1) is 14.4. The molecule has 1 aromatic rings. The van der Waals surface area contributed by atoms with Gasteiger partial charge in [0.25, 0.3) is 0 Å². The number of amides is 1. The van der Waals surface area contributed by atoms with Crippen LogP contribution >= 0.6 is 0 Å². The molecule has 2 aliphatic heterocycles. The summed E-state index contributed by atoms with van der Waals surface area (Å²) >= 11 is 0. The molecule has 2 fully saturated rings. The first-order valence-electron chi connectivity index (χ1n) is 11.0. The zero-order chi connectivity index (χ0) is 21.7. The Morgan fingerprint density at radius 2 is 1.97 bits per heavy atom. The van der Waals surface area contributed by atoms with E-state index >= 15 is 0 Å². The molecule has 0 radical (unpaired) electrons. The molecule has 168 valence electrons. The first kappa shape index (κ1) is 22.8. The first-order valence-corrected chi connectivity index (χ1v) is 11.0. The Hall–Kier alpha value is -1.83. The third-order valence-corrected chi connectivity index (χ3v) is 6.09. The van der Waals surface area contributed by atoms with E-state index in [9.17, 15) is 4.79 Å². The van der Waals surface area contributed by atoms with E-state index in [1.165, 1.54) is 0 Å². The van der Waals surface area contributed by atoms with E-state index in [1.54, 1.807) is 14.2 Å². The van der Waals surface area contributed by atoms with E-state index in [4.69, 9.17) is 14.2 Å². The van der Waals surface area contributed by atoms with E-state index < -0.39 is 0 Å². The van der Waals surface area contributed by atoms with Crippen LogP contribution in [0.2, 0.25) is 0 Å². The Bertz CT molecular complexity index is 704. The van der Waals surface area contributed by atoms with Crippen LogP contribution in [0.3, 0.4) is 0 Å². The van der Waals surface area contributed by atoms with Crippen LogP contribution in [0, 0.1) is 0 Å². The number of hydrogen-bond donors (Lipinski definition) is 1. The molecule has 0 spiro atoms. The minimum atomic E-state index is -0.162. The van der Waals surface area contributed by atoms with E-state index in [0.717, 1.165) is 56.1 Å². The molecule has 0 unspecified atom stereocenters. The zero-order valence-electron chi connectivity index (χ0n) is 19.0. The van der Waals surface area contributed by atoms with Gasteiger partial charge in [0.05, 0.1) is 39.0 Å². The van der Waals surface area contributed by atoms with Crippen LogP contribution in [0.1, 0.15) is 45.2 Å². The number of nitrogens with one attached hydrogen (secondary N) is 1. The average Bonchev–Trinajstić information content (AvgIpc) is 3.12. The van der Waals surface area contributed by atoms with Crippen molar-refractivity contribution in [2.75, 3.05) is 46.9 Å². The number of benzene rings is 1. The van der Waals surface area contributed by atoms with Gasteiger partial charge in [-0.25, -0.2) is 0 Å². The molecule has 4 atom stereocenters. The number of likely N-dealkylation sites (tertiary alicyclic amines) is 1. The van der Waals surface area contributed by atoms with Crippen molar-refractivity contribution in [3.8, 4) is 11.5 Å². The van der Waals surface area contributed by atoms with E-state index in [2.05, 4.69) is 29.0 Å². The number of ether oxygens (including phenoxy) is 3. The van der Waals surface area contributed by atoms with Gasteiger partial charge in [-0.1, -0.05) is 0 Å². The quantitative estimate of drug-likeness (QED) is 0.698. The summed E-state index contributed by atoms with van der Waals surface area (Å²) in [7, 11) is 3.28. The highest BCUT2D eigenvalue weighted by atomic mass is 16.5. The molecular formula is C23H37N3O4. The molecule has 0 saturated carbocycles. The lowest BCUT2D eigenvalue weighted by molar-refractivity contribution is -0.123. The SMILES string of the molecule is COc1ccc(OC)c([C@H](C)NC(=O)CN2CCC[C@H]2CN2C[C@@H](C)O[C@@H](C)C2)c1. The van der Waals surface area contributed by atoms with Gasteiger partial charge in [0, 0.05) is 31.2 Å². The van der Waals surface area contributed by atoms with Crippen molar-refractivity contribution < 1.29 is 19.0 Å². The molecule has 7 heteroatoms. The van der Waals surface area contributed by atoms with Crippen LogP contribution in [0.4, 0.5) is 0 Å². The average molecular weight is 420 g/mol. The van der Waals surface area contributed by atoms with Gasteiger partial charge in [0.1, 0.15) is 11.5 Å². The van der Waals surface area contributed by atoms with Crippen molar-refractivity contribution >= 4 is 5.91 Å². The number of carbonyl (C=O) groups is 1. The molecule has 3 rings (SSSR count). The number of methoxy groups -OCH3 is 2. The number of rotatable bonds is 8. The molecule has 1 aromatic carbocycles. The third kappa shape index (κ3) is 5.86. The van der Waals surface area contributed by atoms with Crippen LogP contribution in [-0.4, -0.2) is 80.9 Å². The Labute approximate surface area is 180 Å². The molecular weight excluding hydrogens is 382 g/mol. The normalized spacial score (nSPS) is 26.4. The summed E-state index contributed by atoms with van der Waals surface area (Å²) in [6, 6.07) is 5.92. The van der Waals surface area contributed by atoms with Gasteiger partial charge in [-0.05, 0) is 58.4 Å². The minimum absolute atomic E-state index is 0.0444. The minimum Gasteiger partial charge on any atom is -0.497 e. The summed E-state index contributed by atoms with van der Waals surface area (Å²) in [5.74, 6) is 1.54. The second-order valence-corrected chi connectivity index (χ2v) is 8.64. The highest BCUT2D eigenvalue weighted by Crippen LogP contribution is 2.29. The van der Waals surface area contributed by atoms with Crippen molar-refractivity contribution in [3.05, 3.63) is 23.8 Å². The number of morpholine rings is 1. The van der Waals surface area contributed by atoms with Crippen LogP contribution in [-0.2, 0) is 9.53 Å². The highest BCUT2D eigenvalue weighted by molar-refractivity contribution is 5.78. The number of nitrogens with zero attached hydrogens (tertiary/aromatic N) is 2. The monoisotopic (exact) mass is 419 g/mol. The third-order valence-electron chi connectivity index (χ3n) is 6.09. The molecule has 2 aliphatic rings. The predicted octanol–water partition coefficient (Wildman–Crippen LogP) is 2.45. The Kier molecular flexibility index (Phi) is 7.97. The second-order valence-electron chi connectivity index (χ2n) is 8.64. The van der Waals surface area contributed by atoms with E-state index in [1.807, 2.05) is 25.1 Å². The second kappa shape index (κ2) is 10.5. The molecule has 1 amide bonds. The van der Waals surface area contributed by atoms with Crippen LogP contribution in [0.25, 0.3) is 0 Å². The van der Waals surface area contributed by atoms with Crippen molar-refractivity contribution in [1.29, 1.82) is 0 Å². The Morgan fingerprint density at radius 1 is 1.23 bits per heavy atom. The van der Waals surface area contributed by atoms with Gasteiger partial charge < -0.3 is 19.5 Å². The van der Waals surface area contributed by atoms with Gasteiger partial charge >= 0.3 is 0 Å². The molecule has 2 saturated heterocycles. The summed E-state index contributed by atoms with van der Waals surface area (Å²) in [5.41, 5.74) is 0.916. The maximum absolute atomic E-state index is 12.8. The lowest BCUT2D eigenvalue weighted by atomic mass is 10.1. The molecule has 7 nitrogen and oxygen atoms in total. The number of hydrogen-bond acceptors (Lipinski definition) is 6. The molecule has 30 heavy (non-hydrogen) atoms. The van der Waals surface area contributed by atoms with Crippen molar-refractivity contribution in [2.45, 2.75) is 57.9 Å². The summed E-state index contributed by atoms with van der Waals surface area (Å²) < 4.78 is 16.7. The molecule has 1 N–H and O–H groups in total. The van der Waals surface area contributed by atoms with Crippen molar-refractivity contribution in [1.82, 2.24) is 15.1 Å². The maximum atomic E-state index is 12.8. The van der Waals surface area contributed by atoms with E-state index in [-0.39, 0.29) is 24.2 Å². The summed E-state index contributed by atoms with van der Waals surface area (Å²) in [6.07, 6.45) is 2.83. The zero-order valence-corrected chi connectivity index (χ0v) is 19.0. The summed E-state index contributed by atoms with van der Waals surface area (Å²) in [5, 5.41) is 3.14. The van der Waals surface area contributed by atoms with Crippen LogP contribution < -0.4 is 14.8 Å². The molecule has 2 heterocycles. The van der Waals surface area contributed by atoms with Gasteiger partial charge in [-0.2, -0.15) is 0 Å². The molecule has 0 aromatic heterocycles. The van der Waals surface area contributed by atoms with Crippen molar-refractivity contribution in [2.24, 2.45) is 0 Å².